The molecule has 0 saturated carbocycles. The van der Waals surface area contributed by atoms with Gasteiger partial charge in [0.1, 0.15) is 36.6 Å². The fourth-order valence-corrected chi connectivity index (χ4v) is 7.36. The van der Waals surface area contributed by atoms with Crippen molar-refractivity contribution in [2.45, 2.75) is 77.4 Å². The zero-order chi connectivity index (χ0) is 40.3. The molecule has 2 saturated heterocycles. The lowest BCUT2D eigenvalue weighted by Gasteiger charge is -2.27. The first-order valence-electron chi connectivity index (χ1n) is 19.1. The standard InChI is InChI=1S/C44H44N2O11/c1-44(2,3)57-43(52)46-20-8-12-36(46)41(50)55-26-38(48)30-14-16-32-31(22-30)24-53-39-33-17-15-29(21-28(33)13-18-34(32)39)37(47)25-54-40(49)35-11-7-19-45(35)42(51)56-23-27-9-5-4-6-10-27/h4-6,9-10,13-18,21-22,35-36H,7-8,11-12,19-20,23-26H2,1-3H3/t35?,36-/m0/s1. The summed E-state index contributed by atoms with van der Waals surface area (Å²) in [6.45, 7) is 5.31. The molecular formula is C44H44N2O11. The Labute approximate surface area is 329 Å². The van der Waals surface area contributed by atoms with E-state index in [2.05, 4.69) is 0 Å². The molecule has 3 heterocycles. The van der Waals surface area contributed by atoms with Gasteiger partial charge in [0, 0.05) is 35.2 Å². The molecule has 0 bridgehead atoms. The van der Waals surface area contributed by atoms with Crippen LogP contribution in [0.1, 0.15) is 78.3 Å². The van der Waals surface area contributed by atoms with Crippen molar-refractivity contribution in [3.63, 3.8) is 0 Å². The molecule has 2 amide bonds. The van der Waals surface area contributed by atoms with Gasteiger partial charge in [-0.15, -0.1) is 0 Å². The molecule has 0 radical (unpaired) electrons. The molecule has 13 heteroatoms. The number of hydrogen-bond donors (Lipinski definition) is 0. The van der Waals surface area contributed by atoms with Crippen LogP contribution in [0.5, 0.6) is 5.75 Å². The van der Waals surface area contributed by atoms with Gasteiger partial charge in [0.05, 0.1) is 0 Å². The van der Waals surface area contributed by atoms with Crippen molar-refractivity contribution >= 4 is 46.5 Å². The van der Waals surface area contributed by atoms with Crippen molar-refractivity contribution in [2.75, 3.05) is 26.3 Å². The van der Waals surface area contributed by atoms with Gasteiger partial charge in [-0.2, -0.15) is 0 Å². The van der Waals surface area contributed by atoms with Crippen LogP contribution in [0.25, 0.3) is 21.9 Å². The molecule has 13 nitrogen and oxygen atoms in total. The molecule has 4 aromatic rings. The average Bonchev–Trinajstić information content (AvgIpc) is 3.91. The van der Waals surface area contributed by atoms with E-state index in [1.807, 2.05) is 48.5 Å². The average molecular weight is 777 g/mol. The summed E-state index contributed by atoms with van der Waals surface area (Å²) in [5, 5.41) is 1.53. The Hall–Kier alpha value is -6.24. The third kappa shape index (κ3) is 8.77. The molecular weight excluding hydrogens is 732 g/mol. The van der Waals surface area contributed by atoms with E-state index in [0.717, 1.165) is 33.0 Å². The number of fused-ring (bicyclic) bond motifs is 5. The summed E-state index contributed by atoms with van der Waals surface area (Å²) < 4.78 is 27.8. The van der Waals surface area contributed by atoms with Gasteiger partial charge in [-0.25, -0.2) is 19.2 Å². The molecule has 2 fully saturated rings. The molecule has 0 aliphatic carbocycles. The van der Waals surface area contributed by atoms with Crippen molar-refractivity contribution in [1.29, 1.82) is 0 Å². The number of carbonyl (C=O) groups excluding carboxylic acids is 6. The lowest BCUT2D eigenvalue weighted by atomic mass is 9.91. The molecule has 3 aliphatic heterocycles. The van der Waals surface area contributed by atoms with E-state index >= 15 is 0 Å². The van der Waals surface area contributed by atoms with E-state index in [0.29, 0.717) is 55.6 Å². The van der Waals surface area contributed by atoms with Crippen LogP contribution >= 0.6 is 0 Å². The number of benzene rings is 4. The van der Waals surface area contributed by atoms with Gasteiger partial charge in [-0.1, -0.05) is 60.7 Å². The Kier molecular flexibility index (Phi) is 11.3. The van der Waals surface area contributed by atoms with Crippen molar-refractivity contribution < 1.29 is 52.5 Å². The highest BCUT2D eigenvalue weighted by molar-refractivity contribution is 6.04. The summed E-state index contributed by atoms with van der Waals surface area (Å²) in [5.41, 5.74) is 3.31. The number of rotatable bonds is 10. The van der Waals surface area contributed by atoms with Crippen LogP contribution in [0.4, 0.5) is 9.59 Å². The fourth-order valence-electron chi connectivity index (χ4n) is 7.36. The highest BCUT2D eigenvalue weighted by atomic mass is 16.6. The Morgan fingerprint density at radius 1 is 0.684 bits per heavy atom. The van der Waals surface area contributed by atoms with Crippen molar-refractivity contribution in [2.24, 2.45) is 0 Å². The van der Waals surface area contributed by atoms with Crippen molar-refractivity contribution in [1.82, 2.24) is 9.80 Å². The van der Waals surface area contributed by atoms with Crippen LogP contribution in [0.15, 0.2) is 78.9 Å². The summed E-state index contributed by atoms with van der Waals surface area (Å²) in [6.07, 6.45) is 0.905. The normalized spacial score (nSPS) is 17.2. The molecule has 2 atom stereocenters. The SMILES string of the molecule is CC(C)(C)OC(=O)N1CCC[C@H]1C(=O)OCC(=O)c1ccc2c(c1)COc1c-2ccc2cc(C(=O)COC(=O)C3CCCN3C(=O)OCc3ccccc3)ccc12. The van der Waals surface area contributed by atoms with E-state index in [-0.39, 0.29) is 19.0 Å². The summed E-state index contributed by atoms with van der Waals surface area (Å²) in [4.78, 5) is 80.2. The lowest BCUT2D eigenvalue weighted by Crippen LogP contribution is -2.44. The number of esters is 2. The minimum Gasteiger partial charge on any atom is -0.488 e. The van der Waals surface area contributed by atoms with Gasteiger partial charge in [0.25, 0.3) is 0 Å². The van der Waals surface area contributed by atoms with Crippen molar-refractivity contribution in [3.8, 4) is 16.9 Å². The highest BCUT2D eigenvalue weighted by Crippen LogP contribution is 2.43. The first-order chi connectivity index (χ1) is 27.4. The maximum atomic E-state index is 13.2. The van der Waals surface area contributed by atoms with E-state index in [4.69, 9.17) is 23.7 Å². The largest absolute Gasteiger partial charge is 0.488 e. The predicted molar refractivity (Wildman–Crippen MR) is 207 cm³/mol. The fraction of sp³-hybridized carbons (Fsp3) is 0.364. The van der Waals surface area contributed by atoms with E-state index < -0.39 is 60.8 Å². The number of ketones is 2. The maximum Gasteiger partial charge on any atom is 0.411 e. The zero-order valence-electron chi connectivity index (χ0n) is 32.1. The van der Waals surface area contributed by atoms with Crippen LogP contribution in [0, 0.1) is 0 Å². The molecule has 1 unspecified atom stereocenters. The third-order valence-corrected chi connectivity index (χ3v) is 10.2. The van der Waals surface area contributed by atoms with Crippen LogP contribution < -0.4 is 4.74 Å². The second kappa shape index (κ2) is 16.5. The van der Waals surface area contributed by atoms with Crippen LogP contribution in [0.2, 0.25) is 0 Å². The number of ether oxygens (including phenoxy) is 5. The number of hydrogen-bond acceptors (Lipinski definition) is 11. The molecule has 296 valence electrons. The molecule has 0 N–H and O–H groups in total. The van der Waals surface area contributed by atoms with E-state index in [1.54, 1.807) is 51.1 Å². The van der Waals surface area contributed by atoms with Crippen LogP contribution in [0.3, 0.4) is 0 Å². The monoisotopic (exact) mass is 776 g/mol. The second-order valence-corrected chi connectivity index (χ2v) is 15.3. The van der Waals surface area contributed by atoms with Crippen LogP contribution in [-0.2, 0) is 41.8 Å². The summed E-state index contributed by atoms with van der Waals surface area (Å²) >= 11 is 0. The van der Waals surface area contributed by atoms with E-state index in [9.17, 15) is 28.8 Å². The van der Waals surface area contributed by atoms with Crippen molar-refractivity contribution in [3.05, 3.63) is 101 Å². The van der Waals surface area contributed by atoms with Gasteiger partial charge in [0.2, 0.25) is 0 Å². The highest BCUT2D eigenvalue weighted by Gasteiger charge is 2.39. The van der Waals surface area contributed by atoms with Gasteiger partial charge < -0.3 is 23.7 Å². The molecule has 0 aromatic heterocycles. The molecule has 7 rings (SSSR count). The predicted octanol–water partition coefficient (Wildman–Crippen LogP) is 7.05. The minimum absolute atomic E-state index is 0.0857. The maximum absolute atomic E-state index is 13.2. The number of likely N-dealkylation sites (tertiary alicyclic amines) is 2. The Morgan fingerprint density at radius 3 is 1.93 bits per heavy atom. The van der Waals surface area contributed by atoms with Gasteiger partial charge in [0.15, 0.2) is 24.8 Å². The molecule has 4 aromatic carbocycles. The van der Waals surface area contributed by atoms with Crippen LogP contribution in [-0.4, -0.2) is 89.5 Å². The lowest BCUT2D eigenvalue weighted by molar-refractivity contribution is -0.148. The number of carbonyl (C=O) groups is 6. The number of Topliss-reactive ketones (excluding diaryl/α,β-unsaturated/α-hetero) is 2. The zero-order valence-corrected chi connectivity index (χ0v) is 32.1. The molecule has 3 aliphatic rings. The van der Waals surface area contributed by atoms with Gasteiger partial charge in [-0.3, -0.25) is 19.4 Å². The summed E-state index contributed by atoms with van der Waals surface area (Å²) in [5.74, 6) is -1.45. The Balaban J connectivity index is 0.948. The van der Waals surface area contributed by atoms with Gasteiger partial charge >= 0.3 is 24.1 Å². The van der Waals surface area contributed by atoms with Gasteiger partial charge in [-0.05, 0) is 86.7 Å². The minimum atomic E-state index is -0.823. The van der Waals surface area contributed by atoms with E-state index in [1.165, 1.54) is 9.80 Å². The summed E-state index contributed by atoms with van der Waals surface area (Å²) in [6, 6.07) is 21.8. The second-order valence-electron chi connectivity index (χ2n) is 15.3. The Morgan fingerprint density at radius 2 is 1.28 bits per heavy atom. The number of amides is 2. The first kappa shape index (κ1) is 39.0. The quantitative estimate of drug-likeness (QED) is 0.0924. The smallest absolute Gasteiger partial charge is 0.411 e. The summed E-state index contributed by atoms with van der Waals surface area (Å²) in [7, 11) is 0. The number of nitrogens with zero attached hydrogens (tertiary/aromatic N) is 2. The molecule has 0 spiro atoms. The Bertz CT molecular complexity index is 2230. The first-order valence-corrected chi connectivity index (χ1v) is 19.1. The third-order valence-electron chi connectivity index (χ3n) is 10.2. The topological polar surface area (TPSA) is 155 Å². The molecule has 57 heavy (non-hydrogen) atoms.